The molecule has 0 aliphatic heterocycles. The van der Waals surface area contributed by atoms with Gasteiger partial charge in [0, 0.05) is 7.11 Å². The van der Waals surface area contributed by atoms with Crippen LogP contribution < -0.4 is 5.73 Å². The number of methoxy groups -OCH3 is 1. The zero-order valence-corrected chi connectivity index (χ0v) is 12.5. The summed E-state index contributed by atoms with van der Waals surface area (Å²) in [5, 5.41) is 0. The largest absolute Gasteiger partial charge is 0.376 e. The first-order valence-electron chi connectivity index (χ1n) is 7.51. The molecule has 106 valence electrons. The first-order valence-corrected chi connectivity index (χ1v) is 7.51. The Morgan fingerprint density at radius 2 is 2.26 bits per heavy atom. The Balaban J connectivity index is 2.26. The Kier molecular flexibility index (Phi) is 4.64. The minimum atomic E-state index is -0.177. The Morgan fingerprint density at radius 3 is 2.89 bits per heavy atom. The van der Waals surface area contributed by atoms with Gasteiger partial charge in [0.15, 0.2) is 0 Å². The van der Waals surface area contributed by atoms with Crippen LogP contribution >= 0.6 is 0 Å². The van der Waals surface area contributed by atoms with Crippen LogP contribution in [-0.4, -0.2) is 12.7 Å². The molecule has 0 aromatic heterocycles. The molecule has 0 spiro atoms. The third kappa shape index (κ3) is 3.01. The lowest BCUT2D eigenvalue weighted by molar-refractivity contribution is -0.0718. The van der Waals surface area contributed by atoms with E-state index in [0.29, 0.717) is 5.92 Å². The molecule has 1 fully saturated rings. The summed E-state index contributed by atoms with van der Waals surface area (Å²) in [5.41, 5.74) is 8.97. The first kappa shape index (κ1) is 14.5. The average molecular weight is 261 g/mol. The van der Waals surface area contributed by atoms with E-state index in [0.717, 1.165) is 19.3 Å². The highest BCUT2D eigenvalue weighted by Gasteiger charge is 2.41. The summed E-state index contributed by atoms with van der Waals surface area (Å²) in [7, 11) is 1.82. The van der Waals surface area contributed by atoms with Gasteiger partial charge >= 0.3 is 0 Å². The van der Waals surface area contributed by atoms with E-state index in [1.54, 1.807) is 0 Å². The van der Waals surface area contributed by atoms with Gasteiger partial charge in [-0.2, -0.15) is 0 Å². The summed E-state index contributed by atoms with van der Waals surface area (Å²) in [5.74, 6) is 0.703. The second kappa shape index (κ2) is 6.06. The predicted octanol–water partition coefficient (Wildman–Crippen LogP) is 3.84. The van der Waals surface area contributed by atoms with Gasteiger partial charge in [-0.05, 0) is 36.3 Å². The van der Waals surface area contributed by atoms with Gasteiger partial charge in [-0.1, -0.05) is 51.0 Å². The number of aryl methyl sites for hydroxylation is 1. The second-order valence-electron chi connectivity index (χ2n) is 6.05. The molecule has 2 N–H and O–H groups in total. The molecular weight excluding hydrogens is 234 g/mol. The monoisotopic (exact) mass is 261 g/mol. The van der Waals surface area contributed by atoms with E-state index < -0.39 is 0 Å². The van der Waals surface area contributed by atoms with Crippen molar-refractivity contribution in [2.24, 2.45) is 11.7 Å². The third-order valence-corrected chi connectivity index (χ3v) is 4.68. The molecule has 0 radical (unpaired) electrons. The van der Waals surface area contributed by atoms with Crippen molar-refractivity contribution in [2.75, 3.05) is 7.11 Å². The summed E-state index contributed by atoms with van der Waals surface area (Å²) < 4.78 is 5.91. The van der Waals surface area contributed by atoms with Gasteiger partial charge in [-0.25, -0.2) is 0 Å². The molecule has 0 saturated heterocycles. The van der Waals surface area contributed by atoms with Crippen molar-refractivity contribution in [3.63, 3.8) is 0 Å². The summed E-state index contributed by atoms with van der Waals surface area (Å²) in [4.78, 5) is 0. The highest BCUT2D eigenvalue weighted by atomic mass is 16.5. The smallest absolute Gasteiger partial charge is 0.0872 e. The minimum absolute atomic E-state index is 0.0215. The van der Waals surface area contributed by atoms with Gasteiger partial charge in [0.1, 0.15) is 0 Å². The van der Waals surface area contributed by atoms with Crippen molar-refractivity contribution in [1.29, 1.82) is 0 Å². The van der Waals surface area contributed by atoms with E-state index in [4.69, 9.17) is 10.5 Å². The fourth-order valence-corrected chi connectivity index (χ4v) is 3.45. The molecule has 2 heteroatoms. The number of benzene rings is 1. The number of hydrogen-bond donors (Lipinski definition) is 1. The molecule has 1 aliphatic carbocycles. The standard InChI is InChI=1S/C17H27NO/c1-4-14-8-5-9-15(11-14)16(18)17(19-3)10-6-7-13(2)12-17/h5,8-9,11,13,16H,4,6-7,10,12,18H2,1-3H3. The van der Waals surface area contributed by atoms with E-state index in [1.165, 1.54) is 24.0 Å². The fraction of sp³-hybridized carbons (Fsp3) is 0.647. The van der Waals surface area contributed by atoms with Crippen molar-refractivity contribution < 1.29 is 4.74 Å². The summed E-state index contributed by atoms with van der Waals surface area (Å²) in [6.07, 6.45) is 5.71. The highest BCUT2D eigenvalue weighted by molar-refractivity contribution is 5.28. The third-order valence-electron chi connectivity index (χ3n) is 4.68. The van der Waals surface area contributed by atoms with Gasteiger partial charge in [0.25, 0.3) is 0 Å². The normalized spacial score (nSPS) is 29.2. The van der Waals surface area contributed by atoms with Gasteiger partial charge in [0.2, 0.25) is 0 Å². The van der Waals surface area contributed by atoms with Crippen molar-refractivity contribution in [1.82, 2.24) is 0 Å². The average Bonchev–Trinajstić information content (AvgIpc) is 2.46. The summed E-state index contributed by atoms with van der Waals surface area (Å²) >= 11 is 0. The molecule has 19 heavy (non-hydrogen) atoms. The lowest BCUT2D eigenvalue weighted by Gasteiger charge is -2.43. The maximum atomic E-state index is 6.58. The molecule has 3 atom stereocenters. The van der Waals surface area contributed by atoms with Crippen molar-refractivity contribution in [2.45, 2.75) is 57.6 Å². The Hall–Kier alpha value is -0.860. The molecular formula is C17H27NO. The Labute approximate surface area is 117 Å². The van der Waals surface area contributed by atoms with Gasteiger partial charge < -0.3 is 10.5 Å². The molecule has 1 aromatic rings. The predicted molar refractivity (Wildman–Crippen MR) is 80.1 cm³/mol. The van der Waals surface area contributed by atoms with E-state index in [-0.39, 0.29) is 11.6 Å². The van der Waals surface area contributed by atoms with Gasteiger partial charge in [-0.15, -0.1) is 0 Å². The lowest BCUT2D eigenvalue weighted by atomic mass is 9.73. The minimum Gasteiger partial charge on any atom is -0.376 e. The quantitative estimate of drug-likeness (QED) is 0.893. The van der Waals surface area contributed by atoms with Crippen LogP contribution in [0.3, 0.4) is 0 Å². The summed E-state index contributed by atoms with van der Waals surface area (Å²) in [6.45, 7) is 4.49. The fourth-order valence-electron chi connectivity index (χ4n) is 3.45. The Morgan fingerprint density at radius 1 is 1.47 bits per heavy atom. The van der Waals surface area contributed by atoms with Crippen molar-refractivity contribution in [3.8, 4) is 0 Å². The van der Waals surface area contributed by atoms with Crippen molar-refractivity contribution >= 4 is 0 Å². The number of hydrogen-bond acceptors (Lipinski definition) is 2. The highest BCUT2D eigenvalue weighted by Crippen LogP contribution is 2.42. The van der Waals surface area contributed by atoms with Crippen LogP contribution in [0.5, 0.6) is 0 Å². The van der Waals surface area contributed by atoms with Crippen LogP contribution in [0.2, 0.25) is 0 Å². The SMILES string of the molecule is CCc1cccc(C(N)C2(OC)CCCC(C)C2)c1. The van der Waals surface area contributed by atoms with E-state index >= 15 is 0 Å². The molecule has 1 saturated carbocycles. The van der Waals surface area contributed by atoms with E-state index in [1.807, 2.05) is 7.11 Å². The molecule has 2 nitrogen and oxygen atoms in total. The topological polar surface area (TPSA) is 35.2 Å². The number of nitrogens with two attached hydrogens (primary N) is 1. The molecule has 0 bridgehead atoms. The van der Waals surface area contributed by atoms with E-state index in [9.17, 15) is 0 Å². The molecule has 0 heterocycles. The van der Waals surface area contributed by atoms with Crippen LogP contribution in [0.15, 0.2) is 24.3 Å². The van der Waals surface area contributed by atoms with Gasteiger partial charge in [-0.3, -0.25) is 0 Å². The van der Waals surface area contributed by atoms with E-state index in [2.05, 4.69) is 38.1 Å². The van der Waals surface area contributed by atoms with Crippen molar-refractivity contribution in [3.05, 3.63) is 35.4 Å². The van der Waals surface area contributed by atoms with Crippen LogP contribution in [-0.2, 0) is 11.2 Å². The van der Waals surface area contributed by atoms with Crippen LogP contribution in [0.25, 0.3) is 0 Å². The maximum Gasteiger partial charge on any atom is 0.0872 e. The zero-order valence-electron chi connectivity index (χ0n) is 12.5. The Bertz CT molecular complexity index is 417. The number of ether oxygens (including phenoxy) is 1. The number of rotatable bonds is 4. The lowest BCUT2D eigenvalue weighted by Crippen LogP contribution is -2.46. The van der Waals surface area contributed by atoms with Crippen LogP contribution in [0.1, 0.15) is 56.7 Å². The zero-order chi connectivity index (χ0) is 13.9. The van der Waals surface area contributed by atoms with Gasteiger partial charge in [0.05, 0.1) is 11.6 Å². The van der Waals surface area contributed by atoms with Crippen LogP contribution in [0.4, 0.5) is 0 Å². The molecule has 3 unspecified atom stereocenters. The molecule has 0 amide bonds. The molecule has 1 aliphatic rings. The second-order valence-corrected chi connectivity index (χ2v) is 6.05. The maximum absolute atomic E-state index is 6.58. The summed E-state index contributed by atoms with van der Waals surface area (Å²) in [6, 6.07) is 8.64. The molecule has 2 rings (SSSR count). The molecule has 1 aromatic carbocycles. The van der Waals surface area contributed by atoms with Crippen LogP contribution in [0, 0.1) is 5.92 Å². The first-order chi connectivity index (χ1) is 9.11.